The monoisotopic (exact) mass is 376 g/mol. The van der Waals surface area contributed by atoms with E-state index >= 15 is 0 Å². The highest BCUT2D eigenvalue weighted by Gasteiger charge is 2.25. The normalized spacial score (nSPS) is 17.2. The molecule has 0 spiro atoms. The highest BCUT2D eigenvalue weighted by molar-refractivity contribution is 5.80. The first kappa shape index (κ1) is 18.5. The molecule has 3 rings (SSSR count). The van der Waals surface area contributed by atoms with Gasteiger partial charge in [0, 0.05) is 38.9 Å². The van der Waals surface area contributed by atoms with Gasteiger partial charge in [0.2, 0.25) is 0 Å². The van der Waals surface area contributed by atoms with Crippen LogP contribution >= 0.6 is 0 Å². The summed E-state index contributed by atoms with van der Waals surface area (Å²) in [7, 11) is 1.67. The number of hydrogen-bond acceptors (Lipinski definition) is 6. The third kappa shape index (κ3) is 4.68. The minimum absolute atomic E-state index is 0.0368. The Bertz CT molecular complexity index is 824. The molecular formula is C16H21FN8O2. The molecule has 0 aliphatic carbocycles. The molecule has 2 N–H and O–H groups in total. The molecule has 2 aromatic rings. The number of pyridine rings is 1. The van der Waals surface area contributed by atoms with Gasteiger partial charge >= 0.3 is 5.69 Å². The predicted molar refractivity (Wildman–Crippen MR) is 98.2 cm³/mol. The summed E-state index contributed by atoms with van der Waals surface area (Å²) < 4.78 is 15.4. The minimum atomic E-state index is -0.478. The van der Waals surface area contributed by atoms with Crippen LogP contribution in [0.3, 0.4) is 0 Å². The summed E-state index contributed by atoms with van der Waals surface area (Å²) in [5.74, 6) is 0.656. The molecule has 144 valence electrons. The number of aliphatic imine (C=N–C) groups is 1. The number of guanidine groups is 1. The van der Waals surface area contributed by atoms with Crippen molar-refractivity contribution in [1.29, 1.82) is 0 Å². The van der Waals surface area contributed by atoms with Gasteiger partial charge in [-0.1, -0.05) is 0 Å². The molecule has 1 atom stereocenters. The van der Waals surface area contributed by atoms with Crippen LogP contribution in [0.5, 0.6) is 0 Å². The van der Waals surface area contributed by atoms with Crippen molar-refractivity contribution in [2.24, 2.45) is 4.99 Å². The van der Waals surface area contributed by atoms with Gasteiger partial charge in [-0.25, -0.2) is 9.37 Å². The van der Waals surface area contributed by atoms with E-state index in [0.717, 1.165) is 6.42 Å². The lowest BCUT2D eigenvalue weighted by molar-refractivity contribution is -0.385. The molecule has 10 nitrogen and oxygen atoms in total. The molecule has 0 aromatic carbocycles. The molecule has 1 unspecified atom stereocenters. The number of rotatable bonds is 6. The number of nitro groups is 1. The zero-order valence-electron chi connectivity index (χ0n) is 14.9. The molecule has 3 heterocycles. The van der Waals surface area contributed by atoms with Crippen molar-refractivity contribution < 1.29 is 9.31 Å². The minimum Gasteiger partial charge on any atom is -0.355 e. The molecule has 1 fully saturated rings. The average molecular weight is 376 g/mol. The van der Waals surface area contributed by atoms with Gasteiger partial charge in [0.15, 0.2) is 17.6 Å². The van der Waals surface area contributed by atoms with Crippen LogP contribution in [0.4, 0.5) is 15.9 Å². The van der Waals surface area contributed by atoms with Gasteiger partial charge in [-0.15, -0.1) is 0 Å². The molecule has 1 saturated heterocycles. The molecule has 11 heteroatoms. The van der Waals surface area contributed by atoms with Crippen molar-refractivity contribution in [2.45, 2.75) is 19.0 Å². The number of hydrogen-bond donors (Lipinski definition) is 2. The van der Waals surface area contributed by atoms with E-state index in [9.17, 15) is 14.5 Å². The number of anilines is 1. The zero-order chi connectivity index (χ0) is 19.2. The first-order valence-corrected chi connectivity index (χ1v) is 8.56. The van der Waals surface area contributed by atoms with Crippen LogP contribution in [0.25, 0.3) is 0 Å². The zero-order valence-corrected chi connectivity index (χ0v) is 14.9. The molecular weight excluding hydrogens is 355 g/mol. The van der Waals surface area contributed by atoms with Crippen LogP contribution in [0.15, 0.2) is 35.7 Å². The fraction of sp³-hybridized carbons (Fsp3) is 0.438. The second-order valence-electron chi connectivity index (χ2n) is 6.10. The second kappa shape index (κ2) is 8.43. The van der Waals surface area contributed by atoms with E-state index in [1.807, 2.05) is 4.90 Å². The molecule has 0 amide bonds. The highest BCUT2D eigenvalue weighted by Crippen LogP contribution is 2.20. The highest BCUT2D eigenvalue weighted by atomic mass is 19.1. The van der Waals surface area contributed by atoms with Gasteiger partial charge in [-0.2, -0.15) is 5.10 Å². The molecule has 0 bridgehead atoms. The van der Waals surface area contributed by atoms with Crippen molar-refractivity contribution in [3.05, 3.63) is 46.7 Å². The molecule has 2 aromatic heterocycles. The molecule has 0 saturated carbocycles. The van der Waals surface area contributed by atoms with Crippen LogP contribution in [0.1, 0.15) is 6.42 Å². The lowest BCUT2D eigenvalue weighted by Gasteiger charge is -2.20. The Kier molecular flexibility index (Phi) is 5.79. The maximum Gasteiger partial charge on any atom is 0.306 e. The van der Waals surface area contributed by atoms with Gasteiger partial charge < -0.3 is 15.5 Å². The largest absolute Gasteiger partial charge is 0.355 e. The van der Waals surface area contributed by atoms with E-state index in [-0.39, 0.29) is 17.5 Å². The summed E-state index contributed by atoms with van der Waals surface area (Å²) in [6.07, 6.45) is 5.02. The maximum absolute atomic E-state index is 13.9. The Balaban J connectivity index is 1.46. The standard InChI is InChI=1S/C16H21FN8O2/c1-18-16(20-6-8-24-11-13(9-21-24)25(26)27)22-12-4-7-23(10-12)15-14(17)3-2-5-19-15/h2-3,5,9,11-12H,4,6-8,10H2,1H3,(H2,18,20,22). The van der Waals surface area contributed by atoms with E-state index in [2.05, 4.69) is 25.7 Å². The van der Waals surface area contributed by atoms with Gasteiger partial charge in [0.25, 0.3) is 0 Å². The van der Waals surface area contributed by atoms with Crippen molar-refractivity contribution >= 4 is 17.5 Å². The summed E-state index contributed by atoms with van der Waals surface area (Å²) in [6, 6.07) is 3.09. The van der Waals surface area contributed by atoms with Gasteiger partial charge in [-0.3, -0.25) is 19.8 Å². The van der Waals surface area contributed by atoms with Gasteiger partial charge in [0.1, 0.15) is 12.4 Å². The molecule has 1 aliphatic heterocycles. The van der Waals surface area contributed by atoms with Crippen molar-refractivity contribution in [3.8, 4) is 0 Å². The topological polar surface area (TPSA) is 114 Å². The van der Waals surface area contributed by atoms with Crippen LogP contribution in [0, 0.1) is 15.9 Å². The second-order valence-corrected chi connectivity index (χ2v) is 6.10. The van der Waals surface area contributed by atoms with E-state index in [4.69, 9.17) is 0 Å². The summed E-state index contributed by atoms with van der Waals surface area (Å²) in [6.45, 7) is 2.30. The average Bonchev–Trinajstić information content (AvgIpc) is 3.31. The Hall–Kier alpha value is -3.24. The lowest BCUT2D eigenvalue weighted by Crippen LogP contribution is -2.45. The Labute approximate surface area is 155 Å². The van der Waals surface area contributed by atoms with Gasteiger partial charge in [-0.05, 0) is 18.6 Å². The SMILES string of the molecule is CN=C(NCCn1cc([N+](=O)[O-])cn1)NC1CCN(c2ncccc2F)C1. The predicted octanol–water partition coefficient (Wildman–Crippen LogP) is 0.769. The van der Waals surface area contributed by atoms with Crippen molar-refractivity contribution in [2.75, 3.05) is 31.6 Å². The first-order valence-electron chi connectivity index (χ1n) is 8.56. The molecule has 1 aliphatic rings. The number of halogens is 1. The first-order chi connectivity index (χ1) is 13.1. The lowest BCUT2D eigenvalue weighted by atomic mass is 10.3. The van der Waals surface area contributed by atoms with Crippen LogP contribution in [0.2, 0.25) is 0 Å². The van der Waals surface area contributed by atoms with E-state index < -0.39 is 4.92 Å². The number of nitrogens with one attached hydrogen (secondary N) is 2. The molecule has 0 radical (unpaired) electrons. The molecule has 27 heavy (non-hydrogen) atoms. The fourth-order valence-electron chi connectivity index (χ4n) is 2.93. The summed E-state index contributed by atoms with van der Waals surface area (Å²) in [5.41, 5.74) is -0.0368. The van der Waals surface area contributed by atoms with Crippen LogP contribution in [-0.2, 0) is 6.54 Å². The summed E-state index contributed by atoms with van der Waals surface area (Å²) in [4.78, 5) is 20.4. The van der Waals surface area contributed by atoms with E-state index in [1.165, 1.54) is 23.1 Å². The Morgan fingerprint density at radius 2 is 2.41 bits per heavy atom. The quantitative estimate of drug-likeness (QED) is 0.331. The smallest absolute Gasteiger partial charge is 0.306 e. The summed E-state index contributed by atoms with van der Waals surface area (Å²) in [5, 5.41) is 21.1. The Morgan fingerprint density at radius 1 is 1.56 bits per heavy atom. The fourth-order valence-corrected chi connectivity index (χ4v) is 2.93. The van der Waals surface area contributed by atoms with Crippen LogP contribution < -0.4 is 15.5 Å². The summed E-state index contributed by atoms with van der Waals surface area (Å²) >= 11 is 0. The number of nitrogens with zero attached hydrogens (tertiary/aromatic N) is 6. The van der Waals surface area contributed by atoms with Crippen LogP contribution in [-0.4, -0.2) is 58.4 Å². The number of aromatic nitrogens is 3. The van der Waals surface area contributed by atoms with Crippen molar-refractivity contribution in [3.63, 3.8) is 0 Å². The maximum atomic E-state index is 13.9. The van der Waals surface area contributed by atoms with Gasteiger partial charge in [0.05, 0.1) is 11.5 Å². The van der Waals surface area contributed by atoms with E-state index in [1.54, 1.807) is 19.3 Å². The third-order valence-corrected chi connectivity index (χ3v) is 4.26. The third-order valence-electron chi connectivity index (χ3n) is 4.26. The Morgan fingerprint density at radius 3 is 3.11 bits per heavy atom. The van der Waals surface area contributed by atoms with E-state index in [0.29, 0.717) is 38.0 Å². The van der Waals surface area contributed by atoms with Crippen molar-refractivity contribution in [1.82, 2.24) is 25.4 Å².